The molecule has 1 atom stereocenters. The van der Waals surface area contributed by atoms with Crippen LogP contribution in [0.5, 0.6) is 0 Å². The van der Waals surface area contributed by atoms with Crippen LogP contribution >= 0.6 is 0 Å². The predicted molar refractivity (Wildman–Crippen MR) is 74.1 cm³/mol. The molecule has 2 rings (SSSR count). The van der Waals surface area contributed by atoms with Gasteiger partial charge in [0.2, 0.25) is 0 Å². The minimum atomic E-state index is -0.0131. The Labute approximate surface area is 106 Å². The van der Waals surface area contributed by atoms with E-state index < -0.39 is 0 Å². The summed E-state index contributed by atoms with van der Waals surface area (Å²) in [5, 5.41) is 4.36. The Morgan fingerprint density at radius 1 is 1.39 bits per heavy atom. The summed E-state index contributed by atoms with van der Waals surface area (Å²) in [4.78, 5) is 11.9. The van der Waals surface area contributed by atoms with E-state index in [1.54, 1.807) is 24.8 Å². The summed E-state index contributed by atoms with van der Waals surface area (Å²) in [5.41, 5.74) is 1.77. The van der Waals surface area contributed by atoms with Gasteiger partial charge in [0.15, 0.2) is 0 Å². The first-order chi connectivity index (χ1) is 8.63. The van der Waals surface area contributed by atoms with Gasteiger partial charge in [-0.1, -0.05) is 18.2 Å². The van der Waals surface area contributed by atoms with Gasteiger partial charge in [0, 0.05) is 37.3 Å². The van der Waals surface area contributed by atoms with E-state index in [9.17, 15) is 4.79 Å². The maximum Gasteiger partial charge on any atom is 0.252 e. The topological polar surface area (TPSA) is 43.3 Å². The number of benzene rings is 1. The molecule has 1 aromatic carbocycles. The number of aromatic nitrogens is 1. The molecule has 1 N–H and O–H groups in total. The third-order valence-corrected chi connectivity index (χ3v) is 2.97. The number of hydrogen-bond donors (Lipinski definition) is 1. The van der Waals surface area contributed by atoms with Crippen LogP contribution in [0.1, 0.15) is 6.92 Å². The lowest BCUT2D eigenvalue weighted by molar-refractivity contribution is 0.190. The molecule has 2 aromatic rings. The number of hydrogen-bond acceptors (Lipinski definition) is 3. The summed E-state index contributed by atoms with van der Waals surface area (Å²) in [7, 11) is 3.45. The fourth-order valence-corrected chi connectivity index (χ4v) is 2.09. The van der Waals surface area contributed by atoms with Crippen molar-refractivity contribution in [2.75, 3.05) is 19.0 Å². The van der Waals surface area contributed by atoms with Crippen LogP contribution in [0.4, 0.5) is 5.69 Å². The van der Waals surface area contributed by atoms with Crippen LogP contribution in [0, 0.1) is 0 Å². The van der Waals surface area contributed by atoms with Gasteiger partial charge in [-0.2, -0.15) is 0 Å². The molecule has 0 aliphatic rings. The van der Waals surface area contributed by atoms with Crippen molar-refractivity contribution >= 4 is 16.6 Å². The summed E-state index contributed by atoms with van der Waals surface area (Å²) < 4.78 is 6.75. The molecular formula is C14H18N2O2. The van der Waals surface area contributed by atoms with Gasteiger partial charge in [0.25, 0.3) is 5.56 Å². The minimum absolute atomic E-state index is 0.0131. The maximum absolute atomic E-state index is 11.9. The number of para-hydroxylation sites is 1. The average molecular weight is 246 g/mol. The highest BCUT2D eigenvalue weighted by Crippen LogP contribution is 2.21. The molecule has 1 heterocycles. The van der Waals surface area contributed by atoms with Crippen LogP contribution in [0.25, 0.3) is 10.9 Å². The van der Waals surface area contributed by atoms with Gasteiger partial charge in [-0.05, 0) is 13.0 Å². The molecule has 0 aliphatic carbocycles. The molecule has 0 aliphatic heterocycles. The fourth-order valence-electron chi connectivity index (χ4n) is 2.09. The first-order valence-electron chi connectivity index (χ1n) is 5.97. The molecule has 0 fully saturated rings. The Kier molecular flexibility index (Phi) is 3.67. The molecule has 1 unspecified atom stereocenters. The largest absolute Gasteiger partial charge is 0.383 e. The highest BCUT2D eigenvalue weighted by molar-refractivity contribution is 5.91. The minimum Gasteiger partial charge on any atom is -0.383 e. The van der Waals surface area contributed by atoms with Crippen LogP contribution in [0.2, 0.25) is 0 Å². The summed E-state index contributed by atoms with van der Waals surface area (Å²) in [6, 6.07) is 9.66. The number of anilines is 1. The summed E-state index contributed by atoms with van der Waals surface area (Å²) in [6.07, 6.45) is 0. The number of nitrogens with one attached hydrogen (secondary N) is 1. The van der Waals surface area contributed by atoms with Crippen LogP contribution in [0.15, 0.2) is 35.1 Å². The first kappa shape index (κ1) is 12.6. The van der Waals surface area contributed by atoms with E-state index in [0.717, 1.165) is 16.6 Å². The maximum atomic E-state index is 11.9. The standard InChI is InChI=1S/C14H18N2O2/c1-10(9-18-3)15-12-8-14(17)16(2)13-7-5-4-6-11(12)13/h4-8,10,15H,9H2,1-3H3. The monoisotopic (exact) mass is 246 g/mol. The van der Waals surface area contributed by atoms with Crippen LogP contribution in [-0.4, -0.2) is 24.3 Å². The third kappa shape index (κ3) is 2.38. The van der Waals surface area contributed by atoms with E-state index in [2.05, 4.69) is 5.32 Å². The number of ether oxygens (including phenoxy) is 1. The molecule has 96 valence electrons. The molecule has 0 radical (unpaired) electrons. The number of fused-ring (bicyclic) bond motifs is 1. The van der Waals surface area contributed by atoms with Crippen LogP contribution in [0.3, 0.4) is 0 Å². The number of methoxy groups -OCH3 is 1. The van der Waals surface area contributed by atoms with Crippen molar-refractivity contribution in [1.82, 2.24) is 4.57 Å². The zero-order valence-electron chi connectivity index (χ0n) is 10.9. The molecular weight excluding hydrogens is 228 g/mol. The van der Waals surface area contributed by atoms with Crippen molar-refractivity contribution in [1.29, 1.82) is 0 Å². The molecule has 4 nitrogen and oxygen atoms in total. The second-order valence-corrected chi connectivity index (χ2v) is 4.47. The highest BCUT2D eigenvalue weighted by atomic mass is 16.5. The van der Waals surface area contributed by atoms with Gasteiger partial charge in [0.1, 0.15) is 0 Å². The summed E-state index contributed by atoms with van der Waals surface area (Å²) in [5.74, 6) is 0. The van der Waals surface area contributed by atoms with Crippen molar-refractivity contribution in [2.45, 2.75) is 13.0 Å². The number of pyridine rings is 1. The zero-order valence-corrected chi connectivity index (χ0v) is 10.9. The Hall–Kier alpha value is -1.81. The lowest BCUT2D eigenvalue weighted by atomic mass is 10.1. The summed E-state index contributed by atoms with van der Waals surface area (Å²) in [6.45, 7) is 2.62. The van der Waals surface area contributed by atoms with E-state index >= 15 is 0 Å². The molecule has 0 bridgehead atoms. The molecule has 18 heavy (non-hydrogen) atoms. The van der Waals surface area contributed by atoms with Crippen molar-refractivity contribution in [3.63, 3.8) is 0 Å². The quantitative estimate of drug-likeness (QED) is 0.897. The molecule has 0 saturated carbocycles. The SMILES string of the molecule is COCC(C)Nc1cc(=O)n(C)c2ccccc12. The van der Waals surface area contributed by atoms with Gasteiger partial charge in [-0.3, -0.25) is 4.79 Å². The second kappa shape index (κ2) is 5.23. The molecule has 4 heteroatoms. The van der Waals surface area contributed by atoms with Crippen LogP contribution in [-0.2, 0) is 11.8 Å². The predicted octanol–water partition coefficient (Wildman–Crippen LogP) is 1.99. The van der Waals surface area contributed by atoms with Crippen molar-refractivity contribution in [3.8, 4) is 0 Å². The number of aryl methyl sites for hydroxylation is 1. The van der Waals surface area contributed by atoms with Crippen molar-refractivity contribution in [2.24, 2.45) is 7.05 Å². The second-order valence-electron chi connectivity index (χ2n) is 4.47. The van der Waals surface area contributed by atoms with Crippen molar-refractivity contribution < 1.29 is 4.74 Å². The molecule has 0 amide bonds. The van der Waals surface area contributed by atoms with Gasteiger partial charge in [-0.15, -0.1) is 0 Å². The van der Waals surface area contributed by atoms with Gasteiger partial charge < -0.3 is 14.6 Å². The van der Waals surface area contributed by atoms with Gasteiger partial charge in [-0.25, -0.2) is 0 Å². The van der Waals surface area contributed by atoms with Crippen LogP contribution < -0.4 is 10.9 Å². The van der Waals surface area contributed by atoms with E-state index in [1.165, 1.54) is 0 Å². The lowest BCUT2D eigenvalue weighted by Gasteiger charge is -2.17. The molecule has 0 saturated heterocycles. The zero-order chi connectivity index (χ0) is 13.1. The molecule has 1 aromatic heterocycles. The normalized spacial score (nSPS) is 12.6. The smallest absolute Gasteiger partial charge is 0.252 e. The van der Waals surface area contributed by atoms with E-state index in [0.29, 0.717) is 6.61 Å². The average Bonchev–Trinajstić information content (AvgIpc) is 2.36. The third-order valence-electron chi connectivity index (χ3n) is 2.97. The fraction of sp³-hybridized carbons (Fsp3) is 0.357. The van der Waals surface area contributed by atoms with E-state index in [-0.39, 0.29) is 11.6 Å². The number of nitrogens with zero attached hydrogens (tertiary/aromatic N) is 1. The highest BCUT2D eigenvalue weighted by Gasteiger charge is 2.08. The summed E-state index contributed by atoms with van der Waals surface area (Å²) >= 11 is 0. The Balaban J connectivity index is 2.50. The van der Waals surface area contributed by atoms with E-state index in [1.807, 2.05) is 31.2 Å². The molecule has 0 spiro atoms. The first-order valence-corrected chi connectivity index (χ1v) is 5.97. The lowest BCUT2D eigenvalue weighted by Crippen LogP contribution is -2.24. The van der Waals surface area contributed by atoms with Crippen molar-refractivity contribution in [3.05, 3.63) is 40.7 Å². The van der Waals surface area contributed by atoms with Gasteiger partial charge >= 0.3 is 0 Å². The number of rotatable bonds is 4. The van der Waals surface area contributed by atoms with Gasteiger partial charge in [0.05, 0.1) is 12.1 Å². The Bertz CT molecular complexity index is 604. The van der Waals surface area contributed by atoms with E-state index in [4.69, 9.17) is 4.74 Å². The Morgan fingerprint density at radius 2 is 2.11 bits per heavy atom. The Morgan fingerprint density at radius 3 is 2.83 bits per heavy atom.